The third-order valence-corrected chi connectivity index (χ3v) is 7.22. The molecule has 1 fully saturated rings. The van der Waals surface area contributed by atoms with Gasteiger partial charge in [0.05, 0.1) is 7.11 Å². The smallest absolute Gasteiger partial charge is 0.244 e. The van der Waals surface area contributed by atoms with Crippen LogP contribution in [0.15, 0.2) is 77.5 Å². The highest BCUT2D eigenvalue weighted by Gasteiger charge is 2.27. The van der Waals surface area contributed by atoms with Gasteiger partial charge in [0.15, 0.2) is 5.78 Å². The van der Waals surface area contributed by atoms with Gasteiger partial charge in [0.1, 0.15) is 11.6 Å². The van der Waals surface area contributed by atoms with E-state index in [1.54, 1.807) is 31.5 Å². The van der Waals surface area contributed by atoms with Crippen molar-refractivity contribution < 1.29 is 18.7 Å². The molecule has 0 aliphatic carbocycles. The summed E-state index contributed by atoms with van der Waals surface area (Å²) in [5.74, 6) is 0.136. The largest absolute Gasteiger partial charge is 0.496 e. The number of nitrogens with one attached hydrogen (secondary N) is 1. The van der Waals surface area contributed by atoms with Gasteiger partial charge in [-0.1, -0.05) is 22.0 Å². The maximum absolute atomic E-state index is 13.2. The van der Waals surface area contributed by atoms with Gasteiger partial charge in [0, 0.05) is 52.6 Å². The summed E-state index contributed by atoms with van der Waals surface area (Å²) in [7, 11) is 1.60. The number of ketones is 1. The van der Waals surface area contributed by atoms with Crippen molar-refractivity contribution in [3.8, 4) is 5.75 Å². The number of amides is 1. The van der Waals surface area contributed by atoms with E-state index in [0.717, 1.165) is 41.5 Å². The quantitative estimate of drug-likeness (QED) is 0.260. The number of carbonyl (C=O) groups is 2. The van der Waals surface area contributed by atoms with Crippen LogP contribution in [0.4, 0.5) is 4.39 Å². The molecule has 6 nitrogen and oxygen atoms in total. The molecule has 1 N–H and O–H groups in total. The van der Waals surface area contributed by atoms with E-state index in [1.165, 1.54) is 18.2 Å². The number of nitrogens with zero attached hydrogens (tertiary/aromatic N) is 2. The summed E-state index contributed by atoms with van der Waals surface area (Å²) < 4.78 is 19.5. The fourth-order valence-electron chi connectivity index (χ4n) is 4.75. The second-order valence-corrected chi connectivity index (χ2v) is 10.4. The Morgan fingerprint density at radius 2 is 1.95 bits per heavy atom. The van der Waals surface area contributed by atoms with Gasteiger partial charge in [-0.3, -0.25) is 14.6 Å². The van der Waals surface area contributed by atoms with E-state index in [2.05, 4.69) is 31.1 Å². The SMILES string of the molecule is COc1ccc(Br)cc1/C=C/C(=O)NC(Cc1cccnc1)CN1CCC(C(=O)c2ccc(F)cc2)CC1. The Morgan fingerprint density at radius 1 is 1.18 bits per heavy atom. The van der Waals surface area contributed by atoms with Crippen molar-refractivity contribution in [3.63, 3.8) is 0 Å². The zero-order valence-electron chi connectivity index (χ0n) is 21.3. The Balaban J connectivity index is 1.38. The number of piperidine rings is 1. The second-order valence-electron chi connectivity index (χ2n) is 9.44. The van der Waals surface area contributed by atoms with Crippen LogP contribution in [0.25, 0.3) is 6.08 Å². The summed E-state index contributed by atoms with van der Waals surface area (Å²) >= 11 is 3.46. The molecule has 0 radical (unpaired) electrons. The zero-order valence-corrected chi connectivity index (χ0v) is 22.9. The number of rotatable bonds is 10. The van der Waals surface area contributed by atoms with E-state index >= 15 is 0 Å². The minimum atomic E-state index is -0.344. The van der Waals surface area contributed by atoms with Crippen molar-refractivity contribution >= 4 is 33.7 Å². The van der Waals surface area contributed by atoms with Gasteiger partial charge in [-0.2, -0.15) is 0 Å². The normalized spacial score (nSPS) is 15.3. The second kappa shape index (κ2) is 13.4. The van der Waals surface area contributed by atoms with Crippen LogP contribution in [-0.2, 0) is 11.2 Å². The first-order valence-electron chi connectivity index (χ1n) is 12.6. The van der Waals surface area contributed by atoms with Gasteiger partial charge in [0.25, 0.3) is 0 Å². The van der Waals surface area contributed by atoms with E-state index in [0.29, 0.717) is 24.3 Å². The van der Waals surface area contributed by atoms with E-state index in [4.69, 9.17) is 4.74 Å². The maximum atomic E-state index is 13.2. The Labute approximate surface area is 231 Å². The molecule has 1 unspecified atom stereocenters. The molecule has 38 heavy (non-hydrogen) atoms. The van der Waals surface area contributed by atoms with E-state index < -0.39 is 0 Å². The lowest BCUT2D eigenvalue weighted by Crippen LogP contribution is -2.47. The molecule has 1 aliphatic heterocycles. The molecule has 1 aromatic heterocycles. The van der Waals surface area contributed by atoms with Crippen molar-refractivity contribution in [2.75, 3.05) is 26.7 Å². The van der Waals surface area contributed by atoms with Gasteiger partial charge in [-0.05, 0) is 92.5 Å². The number of benzene rings is 2. The number of ether oxygens (including phenoxy) is 1. The Bertz CT molecular complexity index is 1260. The standard InChI is InChI=1S/C30H31BrFN3O3/c1-38-28-10-7-25(31)18-24(28)6-11-29(36)34-27(17-21-3-2-14-33-19-21)20-35-15-12-23(13-16-35)30(37)22-4-8-26(32)9-5-22/h2-11,14,18-19,23,27H,12-13,15-17,20H2,1H3,(H,34,36)/b11-6+. The number of hydrogen-bond acceptors (Lipinski definition) is 5. The predicted octanol–water partition coefficient (Wildman–Crippen LogP) is 5.33. The van der Waals surface area contributed by atoms with Crippen molar-refractivity contribution in [3.05, 3.63) is 100 Å². The average molecular weight is 580 g/mol. The molecule has 0 bridgehead atoms. The molecule has 2 aromatic carbocycles. The summed E-state index contributed by atoms with van der Waals surface area (Å²) in [4.78, 5) is 32.3. The number of methoxy groups -OCH3 is 1. The van der Waals surface area contributed by atoms with Gasteiger partial charge >= 0.3 is 0 Å². The monoisotopic (exact) mass is 579 g/mol. The number of pyridine rings is 1. The lowest BCUT2D eigenvalue weighted by molar-refractivity contribution is -0.117. The molecule has 4 rings (SSSR count). The topological polar surface area (TPSA) is 71.5 Å². The number of likely N-dealkylation sites (tertiary alicyclic amines) is 1. The van der Waals surface area contributed by atoms with Gasteiger partial charge in [0.2, 0.25) is 5.91 Å². The Kier molecular flexibility index (Phi) is 9.79. The highest BCUT2D eigenvalue weighted by molar-refractivity contribution is 9.10. The maximum Gasteiger partial charge on any atom is 0.244 e. The number of halogens is 2. The number of Topliss-reactive ketones (excluding diaryl/α,β-unsaturated/α-hetero) is 1. The van der Waals surface area contributed by atoms with Crippen molar-refractivity contribution in [2.24, 2.45) is 5.92 Å². The van der Waals surface area contributed by atoms with E-state index in [1.807, 2.05) is 36.5 Å². The molecular formula is C30H31BrFN3O3. The van der Waals surface area contributed by atoms with Crippen LogP contribution in [0.2, 0.25) is 0 Å². The fraction of sp³-hybridized carbons (Fsp3) is 0.300. The summed E-state index contributed by atoms with van der Waals surface area (Å²) in [6, 6.07) is 15.2. The number of aromatic nitrogens is 1. The zero-order chi connectivity index (χ0) is 26.9. The lowest BCUT2D eigenvalue weighted by atomic mass is 9.88. The molecule has 198 valence electrons. The first-order valence-corrected chi connectivity index (χ1v) is 13.4. The van der Waals surface area contributed by atoms with Crippen LogP contribution in [-0.4, -0.2) is 54.4 Å². The van der Waals surface area contributed by atoms with Crippen molar-refractivity contribution in [1.29, 1.82) is 0 Å². The minimum absolute atomic E-state index is 0.0676. The molecule has 1 amide bonds. The molecule has 8 heteroatoms. The Morgan fingerprint density at radius 3 is 2.63 bits per heavy atom. The predicted molar refractivity (Wildman–Crippen MR) is 149 cm³/mol. The van der Waals surface area contributed by atoms with Gasteiger partial charge in [-0.25, -0.2) is 4.39 Å². The molecule has 3 aromatic rings. The highest BCUT2D eigenvalue weighted by atomic mass is 79.9. The highest BCUT2D eigenvalue weighted by Crippen LogP contribution is 2.25. The molecular weight excluding hydrogens is 549 g/mol. The van der Waals surface area contributed by atoms with Crippen LogP contribution in [0, 0.1) is 11.7 Å². The summed E-state index contributed by atoms with van der Waals surface area (Å²) in [6.45, 7) is 2.16. The van der Waals surface area contributed by atoms with Crippen LogP contribution in [0.1, 0.15) is 34.3 Å². The minimum Gasteiger partial charge on any atom is -0.496 e. The fourth-order valence-corrected chi connectivity index (χ4v) is 5.13. The van der Waals surface area contributed by atoms with Crippen LogP contribution in [0.5, 0.6) is 5.75 Å². The number of hydrogen-bond donors (Lipinski definition) is 1. The van der Waals surface area contributed by atoms with Gasteiger partial charge < -0.3 is 15.0 Å². The van der Waals surface area contributed by atoms with E-state index in [-0.39, 0.29) is 29.5 Å². The summed E-state index contributed by atoms with van der Waals surface area (Å²) in [5.41, 5.74) is 2.39. The number of carbonyl (C=O) groups excluding carboxylic acids is 2. The van der Waals surface area contributed by atoms with Crippen LogP contribution >= 0.6 is 15.9 Å². The van der Waals surface area contributed by atoms with Crippen LogP contribution < -0.4 is 10.1 Å². The van der Waals surface area contributed by atoms with Crippen molar-refractivity contribution in [1.82, 2.24) is 15.2 Å². The summed E-state index contributed by atoms with van der Waals surface area (Å²) in [6.07, 6.45) is 8.91. The first kappa shape index (κ1) is 27.7. The average Bonchev–Trinajstić information content (AvgIpc) is 2.93. The van der Waals surface area contributed by atoms with Crippen molar-refractivity contribution in [2.45, 2.75) is 25.3 Å². The third kappa shape index (κ3) is 7.82. The lowest BCUT2D eigenvalue weighted by Gasteiger charge is -2.34. The van der Waals surface area contributed by atoms with Gasteiger partial charge in [-0.15, -0.1) is 0 Å². The molecule has 1 atom stereocenters. The van der Waals surface area contributed by atoms with Crippen LogP contribution in [0.3, 0.4) is 0 Å². The molecule has 0 saturated carbocycles. The molecule has 1 saturated heterocycles. The first-order chi connectivity index (χ1) is 18.4. The summed E-state index contributed by atoms with van der Waals surface area (Å²) in [5, 5.41) is 3.15. The third-order valence-electron chi connectivity index (χ3n) is 6.72. The van der Waals surface area contributed by atoms with E-state index in [9.17, 15) is 14.0 Å². The molecule has 1 aliphatic rings. The Hall–Kier alpha value is -3.36. The molecule has 0 spiro atoms. The molecule has 2 heterocycles.